The van der Waals surface area contributed by atoms with E-state index in [1.54, 1.807) is 0 Å². The van der Waals surface area contributed by atoms with Crippen molar-refractivity contribution in [2.75, 3.05) is 14.7 Å². The van der Waals surface area contributed by atoms with Crippen LogP contribution in [0.1, 0.15) is 158 Å². The van der Waals surface area contributed by atoms with Crippen molar-refractivity contribution in [1.82, 2.24) is 9.13 Å². The summed E-state index contributed by atoms with van der Waals surface area (Å²) in [6.45, 7) is 42.3. The molecule has 0 amide bonds. The predicted molar refractivity (Wildman–Crippen MR) is 467 cm³/mol. The number of fused-ring (bicyclic) bond motifs is 10. The maximum absolute atomic E-state index is 2.70. The number of aromatic nitrogens is 2. The highest BCUT2D eigenvalue weighted by molar-refractivity contribution is 7.00. The SMILES string of the molecule is CC(C)(C)c1cc(N2c3cc(-n4c5ccccc5c5ccccc54)ccc3B3c4ccc(-n5c6ccc(C(C)(C)C)cc6c6cc(C(C)(C)C)ccc65)cc4N(c4cc(C(C)(C)C)cc(C(C)(C)C)c4)c4cc(N(c5ccc(-c6ccccc6)cc5)c5ccc(-c6ccccc6)cc5)cc2c43)cc(C(C)(C)C)c1. The highest BCUT2D eigenvalue weighted by Gasteiger charge is 2.46. The Morgan fingerprint density at radius 3 is 0.907 bits per heavy atom. The van der Waals surface area contributed by atoms with Crippen molar-refractivity contribution in [3.63, 3.8) is 0 Å². The predicted octanol–water partition coefficient (Wildman–Crippen LogP) is 26.6. The van der Waals surface area contributed by atoms with E-state index in [2.05, 4.69) is 428 Å². The van der Waals surface area contributed by atoms with Crippen LogP contribution in [0.4, 0.5) is 51.2 Å². The summed E-state index contributed by atoms with van der Waals surface area (Å²) in [7, 11) is 0. The minimum atomic E-state index is -0.228. The first-order chi connectivity index (χ1) is 51.3. The summed E-state index contributed by atoms with van der Waals surface area (Å²) < 4.78 is 5.07. The van der Waals surface area contributed by atoms with Gasteiger partial charge in [-0.2, -0.15) is 0 Å². The molecule has 6 heteroatoms. The molecule has 2 aliphatic rings. The fourth-order valence-electron chi connectivity index (χ4n) is 16.9. The van der Waals surface area contributed by atoms with Crippen molar-refractivity contribution in [3.8, 4) is 33.6 Å². The highest BCUT2D eigenvalue weighted by Crippen LogP contribution is 2.52. The molecular formula is C102H100BN5. The van der Waals surface area contributed by atoms with Gasteiger partial charge in [-0.15, -0.1) is 0 Å². The van der Waals surface area contributed by atoms with Crippen molar-refractivity contribution in [1.29, 1.82) is 0 Å². The molecular weight excluding hydrogens is 1310 g/mol. The largest absolute Gasteiger partial charge is 0.311 e. The van der Waals surface area contributed by atoms with Crippen LogP contribution < -0.4 is 31.1 Å². The minimum absolute atomic E-state index is 0.0532. The van der Waals surface area contributed by atoms with E-state index in [-0.39, 0.29) is 39.2 Å². The van der Waals surface area contributed by atoms with Gasteiger partial charge in [0.25, 0.3) is 6.71 Å². The summed E-state index contributed by atoms with van der Waals surface area (Å²) in [6, 6.07) is 108. The number of para-hydroxylation sites is 2. The first-order valence-corrected chi connectivity index (χ1v) is 38.9. The number of anilines is 9. The van der Waals surface area contributed by atoms with Gasteiger partial charge in [-0.25, -0.2) is 0 Å². The summed E-state index contributed by atoms with van der Waals surface area (Å²) >= 11 is 0. The van der Waals surface area contributed by atoms with Crippen molar-refractivity contribution in [2.24, 2.45) is 0 Å². The molecule has 0 spiro atoms. The Morgan fingerprint density at radius 2 is 0.556 bits per heavy atom. The molecule has 0 bridgehead atoms. The van der Waals surface area contributed by atoms with E-state index >= 15 is 0 Å². The summed E-state index contributed by atoms with van der Waals surface area (Å²) in [4.78, 5) is 7.91. The van der Waals surface area contributed by atoms with Gasteiger partial charge in [0.05, 0.1) is 27.8 Å². The van der Waals surface area contributed by atoms with Gasteiger partial charge in [0.1, 0.15) is 0 Å². The molecule has 536 valence electrons. The van der Waals surface area contributed by atoms with Crippen LogP contribution in [0.15, 0.2) is 279 Å². The second kappa shape index (κ2) is 25.3. The normalized spacial score (nSPS) is 13.4. The summed E-state index contributed by atoms with van der Waals surface area (Å²) in [5, 5.41) is 5.01. The molecule has 4 heterocycles. The third-order valence-electron chi connectivity index (χ3n) is 23.2. The Bertz CT molecular complexity index is 5770. The maximum atomic E-state index is 2.70. The van der Waals surface area contributed by atoms with Crippen LogP contribution in [0.3, 0.4) is 0 Å². The van der Waals surface area contributed by atoms with Gasteiger partial charge in [0, 0.05) is 78.4 Å². The number of nitrogens with zero attached hydrogens (tertiary/aromatic N) is 5. The van der Waals surface area contributed by atoms with Gasteiger partial charge < -0.3 is 23.8 Å². The standard InChI is InChI=1S/C102H100BN5/c1-97(2,3)69-41-51-90-84(59-69)85-60-70(98(4,5)6)42-52-91(85)106(90)78-48-50-87-93(62-78)108(80-57-73(101(13,14)15)54-74(58-80)102(16,17)18)95-64-81(104(75-43-37-67(38-44-75)65-29-21-19-22-30-65)76-45-39-68(40-46-76)66-31-23-20-24-32-66)63-94-96(95)103(87)86-49-47-77(105-88-35-27-25-33-82(88)83-34-26-28-36-89(83)105)61-92(86)107(94)79-55-71(99(7,8)9)53-72(56-79)100(10,11)12/h19-64H,1-18H3. The third kappa shape index (κ3) is 12.1. The Morgan fingerprint density at radius 1 is 0.231 bits per heavy atom. The number of rotatable bonds is 9. The summed E-state index contributed by atoms with van der Waals surface area (Å²) in [5.74, 6) is 0. The molecule has 0 unspecified atom stereocenters. The Hall–Kier alpha value is -11.1. The zero-order valence-corrected chi connectivity index (χ0v) is 66.4. The molecule has 0 N–H and O–H groups in total. The zero-order chi connectivity index (χ0) is 75.5. The summed E-state index contributed by atoms with van der Waals surface area (Å²) in [5.41, 5.74) is 32.3. The molecule has 17 rings (SSSR count). The van der Waals surface area contributed by atoms with Gasteiger partial charge >= 0.3 is 0 Å². The lowest BCUT2D eigenvalue weighted by Gasteiger charge is -2.46. The molecule has 2 aliphatic heterocycles. The fourth-order valence-corrected chi connectivity index (χ4v) is 16.9. The monoisotopic (exact) mass is 1410 g/mol. The molecule has 108 heavy (non-hydrogen) atoms. The smallest absolute Gasteiger partial charge is 0.252 e. The second-order valence-corrected chi connectivity index (χ2v) is 36.9. The molecule has 0 saturated carbocycles. The molecule has 0 radical (unpaired) electrons. The first-order valence-electron chi connectivity index (χ1n) is 38.9. The Balaban J connectivity index is 1.03. The molecule has 5 nitrogen and oxygen atoms in total. The summed E-state index contributed by atoms with van der Waals surface area (Å²) in [6.07, 6.45) is 0. The van der Waals surface area contributed by atoms with Crippen molar-refractivity contribution >= 4 is 118 Å². The molecule has 2 aromatic heterocycles. The van der Waals surface area contributed by atoms with E-state index in [0.29, 0.717) is 0 Å². The lowest BCUT2D eigenvalue weighted by molar-refractivity contribution is 0.568. The average molecular weight is 1410 g/mol. The lowest BCUT2D eigenvalue weighted by Crippen LogP contribution is -2.61. The molecule has 13 aromatic carbocycles. The zero-order valence-electron chi connectivity index (χ0n) is 66.4. The third-order valence-corrected chi connectivity index (χ3v) is 23.2. The van der Waals surface area contributed by atoms with Gasteiger partial charge in [-0.05, 0) is 226 Å². The van der Waals surface area contributed by atoms with Crippen LogP contribution in [0, 0.1) is 0 Å². The quantitative estimate of drug-likeness (QED) is 0.134. The molecule has 15 aromatic rings. The van der Waals surface area contributed by atoms with E-state index in [4.69, 9.17) is 0 Å². The minimum Gasteiger partial charge on any atom is -0.311 e. The van der Waals surface area contributed by atoms with Crippen molar-refractivity contribution < 1.29 is 0 Å². The van der Waals surface area contributed by atoms with Crippen LogP contribution in [0.5, 0.6) is 0 Å². The molecule has 0 fully saturated rings. The first kappa shape index (κ1) is 69.9. The molecule has 0 atom stereocenters. The van der Waals surface area contributed by atoms with Gasteiger partial charge in [0.15, 0.2) is 0 Å². The average Bonchev–Trinajstić information content (AvgIpc) is 0.727. The van der Waals surface area contributed by atoms with E-state index < -0.39 is 0 Å². The van der Waals surface area contributed by atoms with E-state index in [9.17, 15) is 0 Å². The van der Waals surface area contributed by atoms with Gasteiger partial charge in [-0.3, -0.25) is 0 Å². The highest BCUT2D eigenvalue weighted by atomic mass is 15.2. The van der Waals surface area contributed by atoms with E-state index in [1.807, 2.05) is 0 Å². The van der Waals surface area contributed by atoms with Crippen LogP contribution in [0.2, 0.25) is 0 Å². The topological polar surface area (TPSA) is 19.6 Å². The fraction of sp³-hybridized carbons (Fsp3) is 0.235. The van der Waals surface area contributed by atoms with Crippen LogP contribution in [0.25, 0.3) is 77.2 Å². The molecule has 0 aliphatic carbocycles. The van der Waals surface area contributed by atoms with Crippen LogP contribution in [-0.4, -0.2) is 15.8 Å². The lowest BCUT2D eigenvalue weighted by atomic mass is 9.33. The second-order valence-electron chi connectivity index (χ2n) is 36.9. The van der Waals surface area contributed by atoms with Crippen LogP contribution in [-0.2, 0) is 32.5 Å². The number of hydrogen-bond donors (Lipinski definition) is 0. The van der Waals surface area contributed by atoms with Gasteiger partial charge in [0.2, 0.25) is 0 Å². The number of benzene rings is 13. The Labute approximate surface area is 640 Å². The van der Waals surface area contributed by atoms with E-state index in [1.165, 1.54) is 105 Å². The number of hydrogen-bond acceptors (Lipinski definition) is 3. The van der Waals surface area contributed by atoms with E-state index in [0.717, 1.165) is 73.7 Å². The molecule has 0 saturated heterocycles. The van der Waals surface area contributed by atoms with Crippen molar-refractivity contribution in [3.05, 3.63) is 312 Å². The van der Waals surface area contributed by atoms with Crippen molar-refractivity contribution in [2.45, 2.75) is 157 Å². The maximum Gasteiger partial charge on any atom is 0.252 e. The van der Waals surface area contributed by atoms with Gasteiger partial charge in [-0.1, -0.05) is 282 Å². The Kier molecular flexibility index (Phi) is 16.4. The van der Waals surface area contributed by atoms with Crippen LogP contribution >= 0.6 is 0 Å².